The molecule has 5 rings (SSSR count). The molecule has 33 heavy (non-hydrogen) atoms. The van der Waals surface area contributed by atoms with Crippen molar-refractivity contribution in [3.8, 4) is 0 Å². The van der Waals surface area contributed by atoms with Crippen LogP contribution in [0.4, 0.5) is 0 Å². The third-order valence-corrected chi connectivity index (χ3v) is 7.31. The monoisotopic (exact) mass is 484 g/mol. The van der Waals surface area contributed by atoms with Gasteiger partial charge in [-0.15, -0.1) is 11.8 Å². The fourth-order valence-electron chi connectivity index (χ4n) is 4.65. The number of fused-ring (bicyclic) bond motifs is 2. The van der Waals surface area contributed by atoms with Crippen molar-refractivity contribution in [2.75, 3.05) is 45.6 Å². The summed E-state index contributed by atoms with van der Waals surface area (Å²) in [5, 5.41) is 0.859. The van der Waals surface area contributed by atoms with Gasteiger partial charge in [0, 0.05) is 36.1 Å². The Morgan fingerprint density at radius 2 is 1.82 bits per heavy atom. The number of benzene rings is 2. The van der Waals surface area contributed by atoms with E-state index in [1.54, 1.807) is 34.9 Å². The van der Waals surface area contributed by atoms with Crippen LogP contribution in [0.5, 0.6) is 0 Å². The number of carbonyl (C=O) groups excluding carboxylic acids is 1. The van der Waals surface area contributed by atoms with Gasteiger partial charge < -0.3 is 14.1 Å². The van der Waals surface area contributed by atoms with E-state index in [0.717, 1.165) is 49.7 Å². The third kappa shape index (κ3) is 4.30. The number of amides is 1. The molecule has 1 atom stereocenters. The normalized spacial score (nSPS) is 18.8. The minimum atomic E-state index is -0.479. The number of rotatable bonds is 6. The van der Waals surface area contributed by atoms with Crippen LogP contribution in [0, 0.1) is 0 Å². The maximum Gasteiger partial charge on any atom is 0.290 e. The Labute approximate surface area is 201 Å². The fraction of sp³-hybridized carbons (Fsp3) is 0.360. The Hall–Kier alpha value is -2.32. The highest BCUT2D eigenvalue weighted by atomic mass is 35.5. The molecule has 0 N–H and O–H groups in total. The number of carbonyl (C=O) groups is 1. The van der Waals surface area contributed by atoms with E-state index in [4.69, 9.17) is 20.8 Å². The summed E-state index contributed by atoms with van der Waals surface area (Å²) in [7, 11) is 0. The van der Waals surface area contributed by atoms with Crippen LogP contribution in [0.3, 0.4) is 0 Å². The second-order valence-corrected chi connectivity index (χ2v) is 9.61. The van der Waals surface area contributed by atoms with Crippen molar-refractivity contribution in [1.29, 1.82) is 0 Å². The van der Waals surface area contributed by atoms with Gasteiger partial charge in [0.1, 0.15) is 5.58 Å². The minimum Gasteiger partial charge on any atom is -0.450 e. The fourth-order valence-corrected chi connectivity index (χ4v) is 5.23. The van der Waals surface area contributed by atoms with Crippen molar-refractivity contribution < 1.29 is 13.9 Å². The molecule has 0 unspecified atom stereocenters. The second-order valence-electron chi connectivity index (χ2n) is 8.30. The van der Waals surface area contributed by atoms with Crippen molar-refractivity contribution >= 4 is 40.2 Å². The van der Waals surface area contributed by atoms with Crippen molar-refractivity contribution in [3.63, 3.8) is 0 Å². The van der Waals surface area contributed by atoms with E-state index in [-0.39, 0.29) is 17.1 Å². The number of morpholine rings is 1. The Morgan fingerprint density at radius 3 is 2.55 bits per heavy atom. The predicted octanol–water partition coefficient (Wildman–Crippen LogP) is 4.44. The van der Waals surface area contributed by atoms with Gasteiger partial charge in [-0.3, -0.25) is 14.5 Å². The van der Waals surface area contributed by atoms with Gasteiger partial charge in [0.2, 0.25) is 5.76 Å². The van der Waals surface area contributed by atoms with Gasteiger partial charge in [-0.2, -0.15) is 0 Å². The lowest BCUT2D eigenvalue weighted by Gasteiger charge is -2.29. The van der Waals surface area contributed by atoms with E-state index in [1.807, 2.05) is 30.5 Å². The van der Waals surface area contributed by atoms with Crippen LogP contribution in [0.25, 0.3) is 11.0 Å². The van der Waals surface area contributed by atoms with Gasteiger partial charge in [0.15, 0.2) is 5.43 Å². The summed E-state index contributed by atoms with van der Waals surface area (Å²) in [6.45, 7) is 4.70. The molecule has 8 heteroatoms. The molecule has 6 nitrogen and oxygen atoms in total. The average Bonchev–Trinajstić information content (AvgIpc) is 3.12. The van der Waals surface area contributed by atoms with E-state index in [1.165, 1.54) is 0 Å². The molecule has 0 spiro atoms. The number of thioether (sulfide) groups is 1. The molecule has 0 radical (unpaired) electrons. The van der Waals surface area contributed by atoms with Crippen molar-refractivity contribution in [1.82, 2.24) is 9.80 Å². The molecule has 2 aliphatic rings. The predicted molar refractivity (Wildman–Crippen MR) is 130 cm³/mol. The van der Waals surface area contributed by atoms with E-state index in [9.17, 15) is 9.59 Å². The molecule has 2 aliphatic heterocycles. The molecule has 0 saturated carbocycles. The summed E-state index contributed by atoms with van der Waals surface area (Å²) < 4.78 is 11.4. The summed E-state index contributed by atoms with van der Waals surface area (Å²) in [4.78, 5) is 32.3. The molecule has 2 aromatic carbocycles. The van der Waals surface area contributed by atoms with Crippen molar-refractivity contribution in [2.45, 2.75) is 17.4 Å². The van der Waals surface area contributed by atoms with Gasteiger partial charge in [0.05, 0.1) is 30.2 Å². The van der Waals surface area contributed by atoms with Crippen LogP contribution in [0.2, 0.25) is 5.02 Å². The zero-order valence-electron chi connectivity index (χ0n) is 18.4. The quantitative estimate of drug-likeness (QED) is 0.482. The summed E-state index contributed by atoms with van der Waals surface area (Å²) in [5.74, 6) is -0.0972. The largest absolute Gasteiger partial charge is 0.450 e. The number of halogens is 1. The van der Waals surface area contributed by atoms with Crippen molar-refractivity contribution in [3.05, 3.63) is 74.6 Å². The van der Waals surface area contributed by atoms with Gasteiger partial charge in [-0.1, -0.05) is 23.7 Å². The van der Waals surface area contributed by atoms with Crippen LogP contribution in [-0.4, -0.2) is 61.4 Å². The van der Waals surface area contributed by atoms with Crippen LogP contribution >= 0.6 is 23.4 Å². The lowest BCUT2D eigenvalue weighted by Crippen LogP contribution is -2.38. The van der Waals surface area contributed by atoms with E-state index in [0.29, 0.717) is 28.1 Å². The molecule has 0 bridgehead atoms. The average molecular weight is 485 g/mol. The molecular formula is C25H25ClN2O4S. The molecule has 1 fully saturated rings. The van der Waals surface area contributed by atoms with Gasteiger partial charge >= 0.3 is 0 Å². The Balaban J connectivity index is 1.53. The molecule has 1 amide bonds. The maximum atomic E-state index is 13.6. The van der Waals surface area contributed by atoms with Crippen LogP contribution < -0.4 is 5.43 Å². The second kappa shape index (κ2) is 9.50. The first-order chi connectivity index (χ1) is 16.1. The summed E-state index contributed by atoms with van der Waals surface area (Å²) in [5.41, 5.74) is 1.48. The molecular weight excluding hydrogens is 460 g/mol. The van der Waals surface area contributed by atoms with Gasteiger partial charge in [-0.25, -0.2) is 0 Å². The lowest BCUT2D eigenvalue weighted by atomic mass is 9.98. The highest BCUT2D eigenvalue weighted by molar-refractivity contribution is 7.98. The first-order valence-corrected chi connectivity index (χ1v) is 12.7. The number of nitrogens with zero attached hydrogens (tertiary/aromatic N) is 2. The minimum absolute atomic E-state index is 0.139. The van der Waals surface area contributed by atoms with Crippen molar-refractivity contribution in [2.24, 2.45) is 0 Å². The lowest BCUT2D eigenvalue weighted by molar-refractivity contribution is 0.0353. The zero-order valence-corrected chi connectivity index (χ0v) is 20.0. The molecule has 1 saturated heterocycles. The summed E-state index contributed by atoms with van der Waals surface area (Å²) >= 11 is 7.81. The maximum absolute atomic E-state index is 13.6. The van der Waals surface area contributed by atoms with E-state index >= 15 is 0 Å². The molecule has 3 aromatic rings. The topological polar surface area (TPSA) is 63.0 Å². The van der Waals surface area contributed by atoms with Crippen LogP contribution in [0.1, 0.15) is 34.1 Å². The first-order valence-electron chi connectivity index (χ1n) is 11.1. The zero-order chi connectivity index (χ0) is 22.9. The smallest absolute Gasteiger partial charge is 0.290 e. The SMILES string of the molecule is CSc1ccc([C@@H]2c3c(oc4ccc(Cl)cc4c3=O)C(=O)N2CCCN2CCOCC2)cc1. The number of ether oxygens (including phenoxy) is 1. The first kappa shape index (κ1) is 22.5. The van der Waals surface area contributed by atoms with Crippen LogP contribution in [0.15, 0.2) is 56.6 Å². The Bertz CT molecular complexity index is 1240. The number of hydrogen-bond donors (Lipinski definition) is 0. The standard InChI is InChI=1S/C25H25ClN2O4S/c1-33-18-6-3-16(4-7-18)22-21-23(29)19-15-17(26)5-8-20(19)32-24(21)25(30)28(22)10-2-9-27-11-13-31-14-12-27/h3-8,15,22H,2,9-14H2,1H3/t22-/m1/s1. The third-order valence-electron chi connectivity index (χ3n) is 6.34. The molecule has 172 valence electrons. The van der Waals surface area contributed by atoms with E-state index < -0.39 is 6.04 Å². The van der Waals surface area contributed by atoms with Gasteiger partial charge in [0.25, 0.3) is 5.91 Å². The number of hydrogen-bond acceptors (Lipinski definition) is 6. The highest BCUT2D eigenvalue weighted by Gasteiger charge is 2.42. The summed E-state index contributed by atoms with van der Waals surface area (Å²) in [6, 6.07) is 12.5. The molecule has 1 aromatic heterocycles. The Morgan fingerprint density at radius 1 is 1.06 bits per heavy atom. The molecule has 3 heterocycles. The highest BCUT2D eigenvalue weighted by Crippen LogP contribution is 2.39. The van der Waals surface area contributed by atoms with Gasteiger partial charge in [-0.05, 0) is 48.6 Å². The molecule has 0 aliphatic carbocycles. The Kier molecular flexibility index (Phi) is 6.47. The summed E-state index contributed by atoms with van der Waals surface area (Å²) in [6.07, 6.45) is 2.82. The van der Waals surface area contributed by atoms with E-state index in [2.05, 4.69) is 4.90 Å². The van der Waals surface area contributed by atoms with Crippen LogP contribution in [-0.2, 0) is 4.74 Å².